The van der Waals surface area contributed by atoms with Crippen LogP contribution in [0.3, 0.4) is 0 Å². The van der Waals surface area contributed by atoms with Crippen molar-refractivity contribution in [3.8, 4) is 0 Å². The minimum absolute atomic E-state index is 0.0334. The molecule has 1 aliphatic rings. The molecule has 2 N–H and O–H groups in total. The number of hydrogen-bond donors (Lipinski definition) is 1. The Bertz CT molecular complexity index is 414. The summed E-state index contributed by atoms with van der Waals surface area (Å²) in [6.45, 7) is 0. The molecule has 0 fully saturated rings. The fourth-order valence-corrected chi connectivity index (χ4v) is 2.18. The molecule has 0 saturated heterocycles. The number of carbonyl (C=O) groups is 1. The third-order valence-corrected chi connectivity index (χ3v) is 3.06. The Morgan fingerprint density at radius 1 is 1.40 bits per heavy atom. The van der Waals surface area contributed by atoms with Crippen LogP contribution < -0.4 is 5.73 Å². The van der Waals surface area contributed by atoms with E-state index >= 15 is 0 Å². The second-order valence-electron chi connectivity index (χ2n) is 3.77. The minimum atomic E-state index is -0.0469. The number of ketones is 1. The summed E-state index contributed by atoms with van der Waals surface area (Å²) in [5.74, 6) is 0.106. The van der Waals surface area contributed by atoms with Crippen LogP contribution in [0.4, 0.5) is 0 Å². The van der Waals surface area contributed by atoms with E-state index in [-0.39, 0.29) is 17.7 Å². The van der Waals surface area contributed by atoms with Crippen molar-refractivity contribution in [1.29, 1.82) is 0 Å². The highest BCUT2D eigenvalue weighted by Gasteiger charge is 2.23. The lowest BCUT2D eigenvalue weighted by Crippen LogP contribution is -2.19. The summed E-state index contributed by atoms with van der Waals surface area (Å²) < 4.78 is 0.930. The molecule has 78 valence electrons. The number of rotatable bonds is 2. The average molecular weight is 266 g/mol. The number of halogens is 1. The van der Waals surface area contributed by atoms with Crippen molar-refractivity contribution >= 4 is 21.7 Å². The van der Waals surface area contributed by atoms with Gasteiger partial charge in [0.25, 0.3) is 0 Å². The lowest BCUT2D eigenvalue weighted by atomic mass is 9.97. The van der Waals surface area contributed by atoms with E-state index in [4.69, 9.17) is 5.73 Å². The lowest BCUT2D eigenvalue weighted by molar-refractivity contribution is 0.0943. The van der Waals surface area contributed by atoms with Crippen molar-refractivity contribution < 1.29 is 4.79 Å². The standard InChI is InChI=1S/C12H12BrNO/c13-10-3-1-2-8(6-10)12(15)9-4-5-11(14)7-9/h1-6,9,11H,7,14H2. The molecule has 0 radical (unpaired) electrons. The summed E-state index contributed by atoms with van der Waals surface area (Å²) in [6.07, 6.45) is 4.54. The van der Waals surface area contributed by atoms with Crippen LogP contribution in [-0.2, 0) is 0 Å². The fourth-order valence-electron chi connectivity index (χ4n) is 1.78. The molecular formula is C12H12BrNO. The van der Waals surface area contributed by atoms with Crippen LogP contribution in [0.1, 0.15) is 16.8 Å². The number of hydrogen-bond acceptors (Lipinski definition) is 2. The SMILES string of the molecule is NC1C=CC(C(=O)c2cccc(Br)c2)C1. The van der Waals surface area contributed by atoms with Gasteiger partial charge < -0.3 is 5.73 Å². The van der Waals surface area contributed by atoms with Crippen molar-refractivity contribution in [3.63, 3.8) is 0 Å². The van der Waals surface area contributed by atoms with Crippen molar-refractivity contribution in [2.75, 3.05) is 0 Å². The van der Waals surface area contributed by atoms with E-state index < -0.39 is 0 Å². The molecule has 0 aromatic heterocycles. The van der Waals surface area contributed by atoms with Crippen LogP contribution >= 0.6 is 15.9 Å². The Hall–Kier alpha value is -0.930. The first kappa shape index (κ1) is 10.6. The summed E-state index contributed by atoms with van der Waals surface area (Å²) in [6, 6.07) is 7.50. The third kappa shape index (κ3) is 2.36. The fraction of sp³-hybridized carbons (Fsp3) is 0.250. The van der Waals surface area contributed by atoms with E-state index in [1.807, 2.05) is 36.4 Å². The molecule has 2 rings (SSSR count). The Morgan fingerprint density at radius 3 is 2.80 bits per heavy atom. The van der Waals surface area contributed by atoms with Crippen LogP contribution in [0, 0.1) is 5.92 Å². The highest BCUT2D eigenvalue weighted by Crippen LogP contribution is 2.22. The number of Topliss-reactive ketones (excluding diaryl/α,β-unsaturated/α-hetero) is 1. The molecular weight excluding hydrogens is 254 g/mol. The van der Waals surface area contributed by atoms with Crippen molar-refractivity contribution in [1.82, 2.24) is 0 Å². The van der Waals surface area contributed by atoms with E-state index in [0.29, 0.717) is 0 Å². The molecule has 2 unspecified atom stereocenters. The summed E-state index contributed by atoms with van der Waals surface area (Å²) in [5.41, 5.74) is 6.47. The molecule has 2 atom stereocenters. The zero-order valence-electron chi connectivity index (χ0n) is 8.19. The molecule has 0 aliphatic heterocycles. The van der Waals surface area contributed by atoms with Crippen LogP contribution in [0.2, 0.25) is 0 Å². The van der Waals surface area contributed by atoms with Crippen LogP contribution in [0.25, 0.3) is 0 Å². The van der Waals surface area contributed by atoms with Crippen molar-refractivity contribution in [3.05, 3.63) is 46.5 Å². The van der Waals surface area contributed by atoms with Gasteiger partial charge in [0.15, 0.2) is 5.78 Å². The quantitative estimate of drug-likeness (QED) is 0.660. The number of carbonyl (C=O) groups excluding carboxylic acids is 1. The lowest BCUT2D eigenvalue weighted by Gasteiger charge is -2.08. The van der Waals surface area contributed by atoms with Crippen LogP contribution in [0.15, 0.2) is 40.9 Å². The molecule has 0 heterocycles. The van der Waals surface area contributed by atoms with Gasteiger partial charge in [-0.25, -0.2) is 0 Å². The van der Waals surface area contributed by atoms with E-state index in [1.54, 1.807) is 0 Å². The first-order valence-corrected chi connectivity index (χ1v) is 5.70. The van der Waals surface area contributed by atoms with E-state index in [0.717, 1.165) is 16.5 Å². The second kappa shape index (κ2) is 4.29. The molecule has 0 spiro atoms. The molecule has 1 aromatic rings. The highest BCUT2D eigenvalue weighted by molar-refractivity contribution is 9.10. The molecule has 3 heteroatoms. The highest BCUT2D eigenvalue weighted by atomic mass is 79.9. The Morgan fingerprint density at radius 2 is 2.20 bits per heavy atom. The molecule has 0 amide bonds. The Kier molecular flexibility index (Phi) is 3.03. The average Bonchev–Trinajstić information content (AvgIpc) is 2.64. The summed E-state index contributed by atoms with van der Waals surface area (Å²) in [7, 11) is 0. The summed E-state index contributed by atoms with van der Waals surface area (Å²) in [4.78, 5) is 12.0. The predicted octanol–water partition coefficient (Wildman–Crippen LogP) is 2.54. The zero-order chi connectivity index (χ0) is 10.8. The molecule has 1 aromatic carbocycles. The normalized spacial score (nSPS) is 24.4. The van der Waals surface area contributed by atoms with Gasteiger partial charge in [-0.05, 0) is 18.6 Å². The molecule has 0 saturated carbocycles. The van der Waals surface area contributed by atoms with Gasteiger partial charge in [0, 0.05) is 22.0 Å². The maximum atomic E-state index is 12.0. The van der Waals surface area contributed by atoms with Crippen LogP contribution in [0.5, 0.6) is 0 Å². The van der Waals surface area contributed by atoms with E-state index in [9.17, 15) is 4.79 Å². The van der Waals surface area contributed by atoms with Gasteiger partial charge in [-0.15, -0.1) is 0 Å². The zero-order valence-corrected chi connectivity index (χ0v) is 9.78. The van der Waals surface area contributed by atoms with Gasteiger partial charge in [-0.2, -0.15) is 0 Å². The largest absolute Gasteiger partial charge is 0.324 e. The monoisotopic (exact) mass is 265 g/mol. The predicted molar refractivity (Wildman–Crippen MR) is 63.7 cm³/mol. The maximum absolute atomic E-state index is 12.0. The molecule has 2 nitrogen and oxygen atoms in total. The van der Waals surface area contributed by atoms with Crippen molar-refractivity contribution in [2.24, 2.45) is 11.7 Å². The van der Waals surface area contributed by atoms with Gasteiger partial charge >= 0.3 is 0 Å². The molecule has 15 heavy (non-hydrogen) atoms. The molecule has 0 bridgehead atoms. The topological polar surface area (TPSA) is 43.1 Å². The smallest absolute Gasteiger partial charge is 0.169 e. The maximum Gasteiger partial charge on any atom is 0.169 e. The first-order chi connectivity index (χ1) is 7.16. The van der Waals surface area contributed by atoms with Gasteiger partial charge in [0.05, 0.1) is 0 Å². The first-order valence-electron chi connectivity index (χ1n) is 4.90. The second-order valence-corrected chi connectivity index (χ2v) is 4.68. The Labute approximate surface area is 97.3 Å². The number of nitrogens with two attached hydrogens (primary N) is 1. The summed E-state index contributed by atoms with van der Waals surface area (Å²) >= 11 is 3.36. The Balaban J connectivity index is 2.18. The van der Waals surface area contributed by atoms with Crippen LogP contribution in [-0.4, -0.2) is 11.8 Å². The summed E-state index contributed by atoms with van der Waals surface area (Å²) in [5, 5.41) is 0. The number of benzene rings is 1. The number of allylic oxidation sites excluding steroid dienone is 1. The van der Waals surface area contributed by atoms with Gasteiger partial charge in [0.1, 0.15) is 0 Å². The van der Waals surface area contributed by atoms with Crippen molar-refractivity contribution in [2.45, 2.75) is 12.5 Å². The minimum Gasteiger partial charge on any atom is -0.324 e. The third-order valence-electron chi connectivity index (χ3n) is 2.56. The molecule has 1 aliphatic carbocycles. The van der Waals surface area contributed by atoms with E-state index in [2.05, 4.69) is 15.9 Å². The van der Waals surface area contributed by atoms with Gasteiger partial charge in [0.2, 0.25) is 0 Å². The van der Waals surface area contributed by atoms with Gasteiger partial charge in [-0.1, -0.05) is 40.2 Å². The van der Waals surface area contributed by atoms with E-state index in [1.165, 1.54) is 0 Å². The van der Waals surface area contributed by atoms with Gasteiger partial charge in [-0.3, -0.25) is 4.79 Å².